The van der Waals surface area contributed by atoms with Crippen molar-refractivity contribution in [2.75, 3.05) is 9.80 Å². The summed E-state index contributed by atoms with van der Waals surface area (Å²) in [5, 5.41) is 4.55. The fourth-order valence-electron chi connectivity index (χ4n) is 9.69. The molecule has 2 fully saturated rings. The lowest BCUT2D eigenvalue weighted by Gasteiger charge is -2.32. The molecule has 0 radical (unpaired) electrons. The lowest BCUT2D eigenvalue weighted by molar-refractivity contribution is 0.443. The van der Waals surface area contributed by atoms with Crippen LogP contribution in [0.3, 0.4) is 0 Å². The van der Waals surface area contributed by atoms with Crippen molar-refractivity contribution in [1.29, 1.82) is 0 Å². The first-order valence-electron chi connectivity index (χ1n) is 20.6. The molecular formula is C52H48N2O. The van der Waals surface area contributed by atoms with Crippen LogP contribution in [-0.2, 0) is 0 Å². The highest BCUT2D eigenvalue weighted by atomic mass is 16.3. The first-order chi connectivity index (χ1) is 27.3. The SMILES string of the molecule is c1ccc(N(c2ccc(C3CCCCC3)cc2)c2c3ccccc3c(N(c3ccccc3)c3ccc(C4CCCCC4)cc3)c3c2oc2ccccc23)cc1. The fraction of sp³-hybridized carbons (Fsp3) is 0.231. The van der Waals surface area contributed by atoms with Crippen LogP contribution < -0.4 is 9.80 Å². The zero-order chi connectivity index (χ0) is 36.6. The summed E-state index contributed by atoms with van der Waals surface area (Å²) in [6.07, 6.45) is 13.2. The van der Waals surface area contributed by atoms with Gasteiger partial charge in [-0.3, -0.25) is 0 Å². The third kappa shape index (κ3) is 6.26. The van der Waals surface area contributed by atoms with E-state index in [0.29, 0.717) is 11.8 Å². The average Bonchev–Trinajstić information content (AvgIpc) is 3.66. The summed E-state index contributed by atoms with van der Waals surface area (Å²) in [5.74, 6) is 1.30. The van der Waals surface area contributed by atoms with E-state index >= 15 is 0 Å². The Labute approximate surface area is 324 Å². The van der Waals surface area contributed by atoms with E-state index in [4.69, 9.17) is 4.42 Å². The summed E-state index contributed by atoms with van der Waals surface area (Å²) in [6.45, 7) is 0. The Hall–Kier alpha value is -5.80. The normalized spacial score (nSPS) is 15.5. The van der Waals surface area contributed by atoms with Gasteiger partial charge < -0.3 is 14.2 Å². The number of fused-ring (bicyclic) bond motifs is 4. The Morgan fingerprint density at radius 3 is 1.27 bits per heavy atom. The van der Waals surface area contributed by atoms with Crippen LogP contribution in [0.4, 0.5) is 34.1 Å². The van der Waals surface area contributed by atoms with E-state index < -0.39 is 0 Å². The molecule has 272 valence electrons. The maximum Gasteiger partial charge on any atom is 0.162 e. The van der Waals surface area contributed by atoms with Crippen molar-refractivity contribution >= 4 is 66.8 Å². The van der Waals surface area contributed by atoms with Gasteiger partial charge in [-0.2, -0.15) is 0 Å². The van der Waals surface area contributed by atoms with Gasteiger partial charge >= 0.3 is 0 Å². The lowest BCUT2D eigenvalue weighted by Crippen LogP contribution is -2.14. The molecule has 0 bridgehead atoms. The highest BCUT2D eigenvalue weighted by Gasteiger charge is 2.29. The molecule has 0 unspecified atom stereocenters. The van der Waals surface area contributed by atoms with Crippen molar-refractivity contribution in [3.05, 3.63) is 169 Å². The van der Waals surface area contributed by atoms with Crippen LogP contribution in [0.1, 0.15) is 87.2 Å². The van der Waals surface area contributed by atoms with Crippen molar-refractivity contribution in [1.82, 2.24) is 0 Å². The van der Waals surface area contributed by atoms with E-state index in [2.05, 4.69) is 168 Å². The minimum absolute atomic E-state index is 0.649. The molecule has 1 heterocycles. The van der Waals surface area contributed by atoms with Crippen molar-refractivity contribution in [2.24, 2.45) is 0 Å². The van der Waals surface area contributed by atoms with Gasteiger partial charge in [0.15, 0.2) is 5.58 Å². The molecule has 2 aliphatic rings. The average molecular weight is 717 g/mol. The van der Waals surface area contributed by atoms with E-state index in [-0.39, 0.29) is 0 Å². The third-order valence-electron chi connectivity index (χ3n) is 12.4. The van der Waals surface area contributed by atoms with Crippen molar-refractivity contribution in [3.63, 3.8) is 0 Å². The number of rotatable bonds is 8. The number of para-hydroxylation sites is 3. The molecule has 10 rings (SSSR count). The quantitative estimate of drug-likeness (QED) is 0.146. The Morgan fingerprint density at radius 1 is 0.364 bits per heavy atom. The molecule has 2 saturated carbocycles. The molecule has 0 saturated heterocycles. The minimum Gasteiger partial charge on any atom is -0.454 e. The van der Waals surface area contributed by atoms with Gasteiger partial charge in [0.2, 0.25) is 0 Å². The second-order valence-electron chi connectivity index (χ2n) is 15.7. The van der Waals surface area contributed by atoms with E-state index in [1.165, 1.54) is 80.7 Å². The predicted molar refractivity (Wildman–Crippen MR) is 232 cm³/mol. The fourth-order valence-corrected chi connectivity index (χ4v) is 9.69. The largest absolute Gasteiger partial charge is 0.454 e. The number of nitrogens with zero attached hydrogens (tertiary/aromatic N) is 2. The molecule has 0 aliphatic heterocycles. The van der Waals surface area contributed by atoms with Gasteiger partial charge in [-0.25, -0.2) is 0 Å². The van der Waals surface area contributed by atoms with Crippen LogP contribution in [0.5, 0.6) is 0 Å². The monoisotopic (exact) mass is 716 g/mol. The molecule has 0 amide bonds. The van der Waals surface area contributed by atoms with Gasteiger partial charge in [0.25, 0.3) is 0 Å². The first-order valence-corrected chi connectivity index (χ1v) is 20.6. The smallest absolute Gasteiger partial charge is 0.162 e. The van der Waals surface area contributed by atoms with Gasteiger partial charge in [0.1, 0.15) is 5.58 Å². The molecule has 7 aromatic carbocycles. The molecule has 0 N–H and O–H groups in total. The van der Waals surface area contributed by atoms with E-state index in [9.17, 15) is 0 Å². The standard InChI is InChI=1S/C52H48N2O/c1-5-17-37(18-6-1)39-29-33-43(34-30-39)53(41-21-9-3-10-22-41)50-45-25-13-14-26-46(45)51(52-49(50)47-27-15-16-28-48(47)55-52)54(42-23-11-4-12-24-42)44-35-31-40(32-36-44)38-19-7-2-8-20-38/h3-4,9-16,21-38H,1-2,5-8,17-20H2. The van der Waals surface area contributed by atoms with Gasteiger partial charge in [0, 0.05) is 38.9 Å². The van der Waals surface area contributed by atoms with Gasteiger partial charge in [-0.1, -0.05) is 142 Å². The Bertz CT molecular complexity index is 2540. The van der Waals surface area contributed by atoms with Crippen LogP contribution in [0.25, 0.3) is 32.7 Å². The molecule has 0 spiro atoms. The summed E-state index contributed by atoms with van der Waals surface area (Å²) in [6, 6.07) is 58.1. The topological polar surface area (TPSA) is 19.6 Å². The summed E-state index contributed by atoms with van der Waals surface area (Å²) in [4.78, 5) is 4.89. The van der Waals surface area contributed by atoms with Gasteiger partial charge in [-0.15, -0.1) is 0 Å². The molecule has 3 heteroatoms. The molecular weight excluding hydrogens is 669 g/mol. The van der Waals surface area contributed by atoms with Crippen LogP contribution in [0, 0.1) is 0 Å². The van der Waals surface area contributed by atoms with E-state index in [1.807, 2.05) is 0 Å². The van der Waals surface area contributed by atoms with Crippen molar-refractivity contribution in [2.45, 2.75) is 76.0 Å². The number of hydrogen-bond donors (Lipinski definition) is 0. The molecule has 2 aliphatic carbocycles. The molecule has 8 aromatic rings. The molecule has 1 aromatic heterocycles. The van der Waals surface area contributed by atoms with Crippen molar-refractivity contribution in [3.8, 4) is 0 Å². The van der Waals surface area contributed by atoms with Gasteiger partial charge in [0.05, 0.1) is 16.8 Å². The number of furan rings is 1. The first kappa shape index (κ1) is 33.7. The van der Waals surface area contributed by atoms with Crippen LogP contribution in [-0.4, -0.2) is 0 Å². The Balaban J connectivity index is 1.24. The van der Waals surface area contributed by atoms with Gasteiger partial charge in [-0.05, 0) is 103 Å². The zero-order valence-electron chi connectivity index (χ0n) is 31.5. The molecule has 55 heavy (non-hydrogen) atoms. The van der Waals surface area contributed by atoms with E-state index in [1.54, 1.807) is 0 Å². The van der Waals surface area contributed by atoms with E-state index in [0.717, 1.165) is 61.4 Å². The number of benzene rings is 7. The molecule has 3 nitrogen and oxygen atoms in total. The highest BCUT2D eigenvalue weighted by molar-refractivity contribution is 6.28. The second-order valence-corrected chi connectivity index (χ2v) is 15.7. The minimum atomic E-state index is 0.649. The number of hydrogen-bond acceptors (Lipinski definition) is 3. The summed E-state index contributed by atoms with van der Waals surface area (Å²) >= 11 is 0. The Kier molecular flexibility index (Phi) is 9.08. The zero-order valence-corrected chi connectivity index (χ0v) is 31.5. The third-order valence-corrected chi connectivity index (χ3v) is 12.4. The summed E-state index contributed by atoms with van der Waals surface area (Å²) < 4.78 is 7.13. The number of anilines is 6. The Morgan fingerprint density at radius 2 is 0.764 bits per heavy atom. The van der Waals surface area contributed by atoms with Crippen molar-refractivity contribution < 1.29 is 4.42 Å². The maximum absolute atomic E-state index is 7.13. The van der Waals surface area contributed by atoms with Crippen LogP contribution in [0.15, 0.2) is 162 Å². The van der Waals surface area contributed by atoms with Crippen LogP contribution >= 0.6 is 0 Å². The van der Waals surface area contributed by atoms with Crippen LogP contribution in [0.2, 0.25) is 0 Å². The lowest BCUT2D eigenvalue weighted by atomic mass is 9.84. The molecule has 0 atom stereocenters. The summed E-state index contributed by atoms with van der Waals surface area (Å²) in [7, 11) is 0. The summed E-state index contributed by atoms with van der Waals surface area (Å²) in [5.41, 5.74) is 11.4. The highest BCUT2D eigenvalue weighted by Crippen LogP contribution is 2.54. The predicted octanol–water partition coefficient (Wildman–Crippen LogP) is 15.8. The second kappa shape index (κ2) is 14.8. The maximum atomic E-state index is 7.13.